The fourth-order valence-corrected chi connectivity index (χ4v) is 7.58. The summed E-state index contributed by atoms with van der Waals surface area (Å²) in [7, 11) is 0. The fourth-order valence-electron chi connectivity index (χ4n) is 7.58. The Balaban J connectivity index is 1.23. The Kier molecular flexibility index (Phi) is 8.84. The predicted molar refractivity (Wildman–Crippen MR) is 131 cm³/mol. The van der Waals surface area contributed by atoms with Gasteiger partial charge in [-0.1, -0.05) is 58.3 Å². The second-order valence-corrected chi connectivity index (χ2v) is 11.6. The normalized spacial score (nSPS) is 32.2. The quantitative estimate of drug-likeness (QED) is 0.358. The van der Waals surface area contributed by atoms with Crippen LogP contribution in [0.4, 0.5) is 8.78 Å². The Morgan fingerprint density at radius 1 is 0.758 bits per heavy atom. The van der Waals surface area contributed by atoms with E-state index in [9.17, 15) is 8.78 Å². The maximum absolute atomic E-state index is 14.1. The molecule has 0 saturated heterocycles. The Morgan fingerprint density at radius 2 is 1.33 bits per heavy atom. The van der Waals surface area contributed by atoms with Crippen molar-refractivity contribution in [3.05, 3.63) is 34.9 Å². The molecular formula is C30H43F2N. The molecule has 3 saturated carbocycles. The van der Waals surface area contributed by atoms with E-state index in [-0.39, 0.29) is 5.92 Å². The van der Waals surface area contributed by atoms with Crippen LogP contribution in [-0.4, -0.2) is 0 Å². The molecule has 1 nitrogen and oxygen atoms in total. The van der Waals surface area contributed by atoms with Crippen LogP contribution in [0.3, 0.4) is 0 Å². The van der Waals surface area contributed by atoms with Crippen LogP contribution in [0.5, 0.6) is 0 Å². The van der Waals surface area contributed by atoms with Gasteiger partial charge in [0, 0.05) is 0 Å². The molecule has 0 aromatic heterocycles. The van der Waals surface area contributed by atoms with Crippen LogP contribution in [0.2, 0.25) is 0 Å². The van der Waals surface area contributed by atoms with E-state index in [1.807, 2.05) is 0 Å². The summed E-state index contributed by atoms with van der Waals surface area (Å²) in [5, 5.41) is 8.94. The number of hydrogen-bond donors (Lipinski definition) is 0. The summed E-state index contributed by atoms with van der Waals surface area (Å²) in [6, 6.07) is 4.48. The molecule has 0 N–H and O–H groups in total. The first-order chi connectivity index (χ1) is 16.1. The standard InChI is InChI=1S/C30H43F2N/c1-2-3-4-5-6-7-21-8-10-22(11-9-21)23-12-13-25-17-26(15-14-24(25)16-23)27-18-29(31)28(20-33)30(32)19-27/h18-19,21-26H,2-17H2,1H3. The van der Waals surface area contributed by atoms with Crippen molar-refractivity contribution in [2.24, 2.45) is 29.6 Å². The minimum absolute atomic E-state index is 0.243. The van der Waals surface area contributed by atoms with Crippen molar-refractivity contribution in [3.8, 4) is 6.07 Å². The number of fused-ring (bicyclic) bond motifs is 1. The van der Waals surface area contributed by atoms with Crippen molar-refractivity contribution in [1.82, 2.24) is 0 Å². The zero-order chi connectivity index (χ0) is 23.2. The Labute approximate surface area is 200 Å². The van der Waals surface area contributed by atoms with Crippen LogP contribution in [0.25, 0.3) is 0 Å². The lowest BCUT2D eigenvalue weighted by molar-refractivity contribution is 0.0709. The van der Waals surface area contributed by atoms with Crippen LogP contribution >= 0.6 is 0 Å². The molecule has 182 valence electrons. The molecule has 0 aliphatic heterocycles. The lowest BCUT2D eigenvalue weighted by Gasteiger charge is -2.45. The van der Waals surface area contributed by atoms with Gasteiger partial charge in [-0.15, -0.1) is 0 Å². The molecule has 3 fully saturated rings. The Hall–Kier alpha value is -1.43. The van der Waals surface area contributed by atoms with Gasteiger partial charge in [-0.05, 0) is 105 Å². The van der Waals surface area contributed by atoms with E-state index in [1.165, 1.54) is 102 Å². The highest BCUT2D eigenvalue weighted by Gasteiger charge is 2.39. The van der Waals surface area contributed by atoms with Gasteiger partial charge in [0.05, 0.1) is 0 Å². The van der Waals surface area contributed by atoms with Gasteiger partial charge in [-0.3, -0.25) is 0 Å². The molecule has 1 aromatic carbocycles. The van der Waals surface area contributed by atoms with Crippen molar-refractivity contribution in [1.29, 1.82) is 5.26 Å². The molecule has 1 aromatic rings. The number of unbranched alkanes of at least 4 members (excludes halogenated alkanes) is 4. The molecule has 4 unspecified atom stereocenters. The smallest absolute Gasteiger partial charge is 0.144 e. The molecule has 0 amide bonds. The third kappa shape index (κ3) is 6.17. The number of benzene rings is 1. The first-order valence-corrected chi connectivity index (χ1v) is 14.0. The monoisotopic (exact) mass is 455 g/mol. The fraction of sp³-hybridized carbons (Fsp3) is 0.767. The summed E-state index contributed by atoms with van der Waals surface area (Å²) >= 11 is 0. The second-order valence-electron chi connectivity index (χ2n) is 11.6. The summed E-state index contributed by atoms with van der Waals surface area (Å²) in [6.45, 7) is 2.29. The van der Waals surface area contributed by atoms with Crippen molar-refractivity contribution in [2.75, 3.05) is 0 Å². The van der Waals surface area contributed by atoms with Gasteiger partial charge in [-0.2, -0.15) is 5.26 Å². The summed E-state index contributed by atoms with van der Waals surface area (Å²) in [4.78, 5) is 0. The summed E-state index contributed by atoms with van der Waals surface area (Å²) in [5.74, 6) is 3.21. The molecule has 0 heterocycles. The number of halogens is 2. The first kappa shape index (κ1) is 24.7. The van der Waals surface area contributed by atoms with Gasteiger partial charge >= 0.3 is 0 Å². The van der Waals surface area contributed by atoms with Crippen LogP contribution in [-0.2, 0) is 0 Å². The lowest BCUT2D eigenvalue weighted by Crippen LogP contribution is -2.34. The zero-order valence-corrected chi connectivity index (χ0v) is 20.6. The third-order valence-electron chi connectivity index (χ3n) is 9.58. The SMILES string of the molecule is CCCCCCCC1CCC(C2CCC3CC(c4cc(F)c(C#N)c(F)c4)CCC3C2)CC1. The van der Waals surface area contributed by atoms with Gasteiger partial charge in [-0.25, -0.2) is 8.78 Å². The maximum atomic E-state index is 14.1. The molecule has 0 radical (unpaired) electrons. The maximum Gasteiger partial charge on any atom is 0.144 e. The number of nitriles is 1. The first-order valence-electron chi connectivity index (χ1n) is 14.0. The van der Waals surface area contributed by atoms with Gasteiger partial charge in [0.25, 0.3) is 0 Å². The predicted octanol–water partition coefficient (Wildman–Crippen LogP) is 9.30. The summed E-state index contributed by atoms with van der Waals surface area (Å²) in [5.41, 5.74) is 0.316. The average Bonchev–Trinajstić information content (AvgIpc) is 2.83. The molecule has 4 atom stereocenters. The van der Waals surface area contributed by atoms with Crippen LogP contribution in [0, 0.1) is 52.6 Å². The van der Waals surface area contributed by atoms with E-state index >= 15 is 0 Å². The molecule has 3 heteroatoms. The minimum atomic E-state index is -0.699. The topological polar surface area (TPSA) is 23.8 Å². The van der Waals surface area contributed by atoms with Crippen molar-refractivity contribution in [3.63, 3.8) is 0 Å². The van der Waals surface area contributed by atoms with Gasteiger partial charge in [0.1, 0.15) is 23.3 Å². The van der Waals surface area contributed by atoms with E-state index in [4.69, 9.17) is 5.26 Å². The van der Waals surface area contributed by atoms with Gasteiger partial charge < -0.3 is 0 Å². The Morgan fingerprint density at radius 3 is 2.00 bits per heavy atom. The molecule has 4 rings (SSSR count). The lowest BCUT2D eigenvalue weighted by atomic mass is 9.60. The van der Waals surface area contributed by atoms with E-state index in [0.717, 1.165) is 42.1 Å². The highest BCUT2D eigenvalue weighted by Crippen LogP contribution is 2.51. The zero-order valence-electron chi connectivity index (χ0n) is 20.6. The van der Waals surface area contributed by atoms with Crippen LogP contribution in [0.1, 0.15) is 127 Å². The molecule has 33 heavy (non-hydrogen) atoms. The van der Waals surface area contributed by atoms with Crippen LogP contribution < -0.4 is 0 Å². The number of rotatable bonds is 8. The summed E-state index contributed by atoms with van der Waals surface area (Å²) in [6.07, 6.45) is 21.7. The molecular weight excluding hydrogens is 412 g/mol. The van der Waals surface area contributed by atoms with Crippen molar-refractivity contribution in [2.45, 2.75) is 116 Å². The highest BCUT2D eigenvalue weighted by atomic mass is 19.1. The Bertz CT molecular complexity index is 781. The van der Waals surface area contributed by atoms with E-state index in [0.29, 0.717) is 5.92 Å². The minimum Gasteiger partial charge on any atom is -0.205 e. The molecule has 3 aliphatic carbocycles. The highest BCUT2D eigenvalue weighted by molar-refractivity contribution is 5.36. The van der Waals surface area contributed by atoms with Crippen molar-refractivity contribution < 1.29 is 8.78 Å². The molecule has 0 bridgehead atoms. The molecule has 3 aliphatic rings. The number of hydrogen-bond acceptors (Lipinski definition) is 1. The van der Waals surface area contributed by atoms with E-state index in [2.05, 4.69) is 6.92 Å². The number of nitrogens with zero attached hydrogens (tertiary/aromatic N) is 1. The van der Waals surface area contributed by atoms with Gasteiger partial charge in [0.15, 0.2) is 0 Å². The van der Waals surface area contributed by atoms with Crippen molar-refractivity contribution >= 4 is 0 Å². The summed E-state index contributed by atoms with van der Waals surface area (Å²) < 4.78 is 28.3. The average molecular weight is 456 g/mol. The van der Waals surface area contributed by atoms with E-state index in [1.54, 1.807) is 6.07 Å². The molecule has 0 spiro atoms. The van der Waals surface area contributed by atoms with E-state index < -0.39 is 17.2 Å². The largest absolute Gasteiger partial charge is 0.205 e. The van der Waals surface area contributed by atoms with Gasteiger partial charge in [0.2, 0.25) is 0 Å². The third-order valence-corrected chi connectivity index (χ3v) is 9.58. The van der Waals surface area contributed by atoms with Crippen LogP contribution in [0.15, 0.2) is 12.1 Å². The second kappa shape index (κ2) is 11.8.